The number of hydrogen-bond donors (Lipinski definition) is 1. The molecular weight excluding hydrogens is 170 g/mol. The monoisotopic (exact) mass is 177 g/mol. The van der Waals surface area contributed by atoms with Crippen molar-refractivity contribution in [2.75, 3.05) is 0 Å². The summed E-state index contributed by atoms with van der Waals surface area (Å²) >= 11 is 0. The molecule has 0 radical (unpaired) electrons. The minimum absolute atomic E-state index is 0.172. The normalized spacial score (nSPS) is 10.5. The van der Waals surface area contributed by atoms with Gasteiger partial charge in [-0.05, 0) is 18.6 Å². The van der Waals surface area contributed by atoms with E-state index in [4.69, 9.17) is 5.11 Å². The number of rotatable bonds is 1. The van der Waals surface area contributed by atoms with Gasteiger partial charge in [0.1, 0.15) is 12.0 Å². The second-order valence-corrected chi connectivity index (χ2v) is 2.73. The molecule has 0 saturated heterocycles. The smallest absolute Gasteiger partial charge is 0.352 e. The molecule has 0 aliphatic heterocycles. The SMILES string of the molecule is Cc1ccc(C(=O)O)n2cnnc12. The molecule has 0 aliphatic carbocycles. The van der Waals surface area contributed by atoms with E-state index in [1.807, 2.05) is 6.92 Å². The quantitative estimate of drug-likeness (QED) is 0.697. The number of aryl methyl sites for hydroxylation is 1. The van der Waals surface area contributed by atoms with Gasteiger partial charge in [-0.3, -0.25) is 4.40 Å². The van der Waals surface area contributed by atoms with Crippen molar-refractivity contribution in [3.63, 3.8) is 0 Å². The number of fused-ring (bicyclic) bond motifs is 1. The molecule has 2 aromatic rings. The van der Waals surface area contributed by atoms with Crippen LogP contribution >= 0.6 is 0 Å². The number of carboxylic acids is 1. The highest BCUT2D eigenvalue weighted by Gasteiger charge is 2.09. The van der Waals surface area contributed by atoms with Crippen molar-refractivity contribution in [1.82, 2.24) is 14.6 Å². The van der Waals surface area contributed by atoms with Crippen molar-refractivity contribution in [1.29, 1.82) is 0 Å². The lowest BCUT2D eigenvalue weighted by Crippen LogP contribution is -2.04. The number of hydrogen-bond acceptors (Lipinski definition) is 3. The molecule has 66 valence electrons. The van der Waals surface area contributed by atoms with E-state index in [0.717, 1.165) is 5.56 Å². The van der Waals surface area contributed by atoms with E-state index in [1.54, 1.807) is 6.07 Å². The lowest BCUT2D eigenvalue weighted by molar-refractivity contribution is 0.0689. The van der Waals surface area contributed by atoms with Gasteiger partial charge in [-0.25, -0.2) is 4.79 Å². The van der Waals surface area contributed by atoms with Crippen LogP contribution < -0.4 is 0 Å². The summed E-state index contributed by atoms with van der Waals surface area (Å²) < 4.78 is 1.46. The summed E-state index contributed by atoms with van der Waals surface area (Å²) in [6.45, 7) is 1.86. The Kier molecular flexibility index (Phi) is 1.51. The highest BCUT2D eigenvalue weighted by Crippen LogP contribution is 2.09. The average Bonchev–Trinajstić information content (AvgIpc) is 2.53. The van der Waals surface area contributed by atoms with Crippen molar-refractivity contribution >= 4 is 11.6 Å². The van der Waals surface area contributed by atoms with Gasteiger partial charge in [0.15, 0.2) is 5.65 Å². The molecule has 1 N–H and O–H groups in total. The summed E-state index contributed by atoms with van der Waals surface area (Å²) in [5.41, 5.74) is 1.66. The zero-order chi connectivity index (χ0) is 9.42. The topological polar surface area (TPSA) is 67.5 Å². The zero-order valence-corrected chi connectivity index (χ0v) is 6.93. The van der Waals surface area contributed by atoms with Gasteiger partial charge in [0, 0.05) is 0 Å². The zero-order valence-electron chi connectivity index (χ0n) is 6.93. The molecule has 0 spiro atoms. The van der Waals surface area contributed by atoms with Crippen molar-refractivity contribution in [3.05, 3.63) is 29.7 Å². The Labute approximate surface area is 73.6 Å². The van der Waals surface area contributed by atoms with Gasteiger partial charge in [-0.15, -0.1) is 10.2 Å². The Hall–Kier alpha value is -1.91. The predicted molar refractivity (Wildman–Crippen MR) is 44.7 cm³/mol. The minimum Gasteiger partial charge on any atom is -0.477 e. The molecule has 2 aromatic heterocycles. The summed E-state index contributed by atoms with van der Waals surface area (Å²) in [4.78, 5) is 10.7. The van der Waals surface area contributed by atoms with Crippen molar-refractivity contribution < 1.29 is 9.90 Å². The number of pyridine rings is 1. The Bertz CT molecular complexity index is 475. The maximum atomic E-state index is 10.7. The molecule has 13 heavy (non-hydrogen) atoms. The van der Waals surface area contributed by atoms with E-state index in [9.17, 15) is 4.79 Å². The summed E-state index contributed by atoms with van der Waals surface area (Å²) in [5, 5.41) is 16.3. The first-order valence-corrected chi connectivity index (χ1v) is 3.73. The minimum atomic E-state index is -0.982. The maximum absolute atomic E-state index is 10.7. The van der Waals surface area contributed by atoms with Crippen LogP contribution in [0.3, 0.4) is 0 Å². The van der Waals surface area contributed by atoms with E-state index in [0.29, 0.717) is 5.65 Å². The lowest BCUT2D eigenvalue weighted by atomic mass is 10.2. The molecule has 0 saturated carbocycles. The van der Waals surface area contributed by atoms with Crippen molar-refractivity contribution in [2.24, 2.45) is 0 Å². The summed E-state index contributed by atoms with van der Waals surface area (Å²) in [5.74, 6) is -0.982. The van der Waals surface area contributed by atoms with Crippen LogP contribution in [-0.4, -0.2) is 25.7 Å². The van der Waals surface area contributed by atoms with Gasteiger partial charge < -0.3 is 5.11 Å². The Morgan fingerprint density at radius 1 is 1.54 bits per heavy atom. The molecule has 0 aliphatic rings. The van der Waals surface area contributed by atoms with Crippen LogP contribution in [0.4, 0.5) is 0 Å². The molecule has 0 bridgehead atoms. The van der Waals surface area contributed by atoms with Gasteiger partial charge in [0.05, 0.1) is 0 Å². The molecule has 0 atom stereocenters. The predicted octanol–water partition coefficient (Wildman–Crippen LogP) is 0.736. The second-order valence-electron chi connectivity index (χ2n) is 2.73. The van der Waals surface area contributed by atoms with Gasteiger partial charge in [0.25, 0.3) is 0 Å². The number of aromatic carboxylic acids is 1. The first-order valence-electron chi connectivity index (χ1n) is 3.73. The standard InChI is InChI=1S/C8H7N3O2/c1-5-2-3-6(8(12)13)11-4-9-10-7(5)11/h2-4H,1H3,(H,12,13). The van der Waals surface area contributed by atoms with Crippen LogP contribution in [-0.2, 0) is 0 Å². The van der Waals surface area contributed by atoms with Gasteiger partial charge >= 0.3 is 5.97 Å². The highest BCUT2D eigenvalue weighted by molar-refractivity contribution is 5.86. The van der Waals surface area contributed by atoms with E-state index in [-0.39, 0.29) is 5.69 Å². The van der Waals surface area contributed by atoms with Crippen molar-refractivity contribution in [3.8, 4) is 0 Å². The largest absolute Gasteiger partial charge is 0.477 e. The molecular formula is C8H7N3O2. The van der Waals surface area contributed by atoms with Gasteiger partial charge in [-0.2, -0.15) is 0 Å². The average molecular weight is 177 g/mol. The number of nitrogens with zero attached hydrogens (tertiary/aromatic N) is 3. The number of carboxylic acid groups (broad SMARTS) is 1. The first-order chi connectivity index (χ1) is 6.20. The third kappa shape index (κ3) is 1.05. The third-order valence-corrected chi connectivity index (χ3v) is 1.87. The molecule has 0 unspecified atom stereocenters. The molecule has 0 aromatic carbocycles. The molecule has 0 amide bonds. The summed E-state index contributed by atoms with van der Waals surface area (Å²) in [7, 11) is 0. The lowest BCUT2D eigenvalue weighted by Gasteiger charge is -2.00. The summed E-state index contributed by atoms with van der Waals surface area (Å²) in [6.07, 6.45) is 1.39. The van der Waals surface area contributed by atoms with Crippen LogP contribution in [0.2, 0.25) is 0 Å². The van der Waals surface area contributed by atoms with Crippen LogP contribution in [0.5, 0.6) is 0 Å². The Morgan fingerprint density at radius 2 is 2.31 bits per heavy atom. The van der Waals surface area contributed by atoms with Gasteiger partial charge in [0.2, 0.25) is 0 Å². The van der Waals surface area contributed by atoms with E-state index in [1.165, 1.54) is 16.8 Å². The number of aromatic nitrogens is 3. The molecule has 2 heterocycles. The second kappa shape index (κ2) is 2.55. The maximum Gasteiger partial charge on any atom is 0.352 e. The van der Waals surface area contributed by atoms with E-state index >= 15 is 0 Å². The fourth-order valence-electron chi connectivity index (χ4n) is 1.21. The highest BCUT2D eigenvalue weighted by atomic mass is 16.4. The van der Waals surface area contributed by atoms with E-state index < -0.39 is 5.97 Å². The first kappa shape index (κ1) is 7.72. The Balaban J connectivity index is 2.86. The Morgan fingerprint density at radius 3 is 3.00 bits per heavy atom. The number of carbonyl (C=O) groups is 1. The van der Waals surface area contributed by atoms with E-state index in [2.05, 4.69) is 10.2 Å². The van der Waals surface area contributed by atoms with Crippen molar-refractivity contribution in [2.45, 2.75) is 6.92 Å². The van der Waals surface area contributed by atoms with Crippen LogP contribution in [0.15, 0.2) is 18.5 Å². The fraction of sp³-hybridized carbons (Fsp3) is 0.125. The summed E-state index contributed by atoms with van der Waals surface area (Å²) in [6, 6.07) is 3.25. The fourth-order valence-corrected chi connectivity index (χ4v) is 1.21. The third-order valence-electron chi connectivity index (χ3n) is 1.87. The van der Waals surface area contributed by atoms with Gasteiger partial charge in [-0.1, -0.05) is 6.07 Å². The van der Waals surface area contributed by atoms with Crippen LogP contribution in [0, 0.1) is 6.92 Å². The molecule has 5 nitrogen and oxygen atoms in total. The molecule has 0 fully saturated rings. The van der Waals surface area contributed by atoms with Crippen LogP contribution in [0.1, 0.15) is 16.1 Å². The molecule has 2 rings (SSSR count). The van der Waals surface area contributed by atoms with Crippen LogP contribution in [0.25, 0.3) is 5.65 Å². The molecule has 5 heteroatoms.